The molecule has 0 unspecified atom stereocenters. The lowest BCUT2D eigenvalue weighted by Crippen LogP contribution is -2.48. The molecule has 1 fully saturated rings. The summed E-state index contributed by atoms with van der Waals surface area (Å²) in [6.07, 6.45) is 1.71. The maximum absolute atomic E-state index is 13.7. The predicted octanol–water partition coefficient (Wildman–Crippen LogP) is 4.21. The molecule has 212 valence electrons. The first-order valence-electron chi connectivity index (χ1n) is 13.8. The first kappa shape index (κ1) is 27.9. The van der Waals surface area contributed by atoms with Gasteiger partial charge in [0.15, 0.2) is 11.3 Å². The van der Waals surface area contributed by atoms with Crippen molar-refractivity contribution < 1.29 is 13.2 Å². The van der Waals surface area contributed by atoms with Crippen LogP contribution in [0.1, 0.15) is 51.0 Å². The molecule has 1 aliphatic rings. The molecular formula is C29H36N6O4S. The van der Waals surface area contributed by atoms with E-state index >= 15 is 0 Å². The van der Waals surface area contributed by atoms with Crippen LogP contribution in [0, 0.1) is 6.92 Å². The number of piperazine rings is 1. The number of aromatic amines is 1. The van der Waals surface area contributed by atoms with Crippen LogP contribution in [0.15, 0.2) is 58.2 Å². The monoisotopic (exact) mass is 564 g/mol. The number of fused-ring (bicyclic) bond motifs is 1. The van der Waals surface area contributed by atoms with Crippen LogP contribution < -0.4 is 15.2 Å². The van der Waals surface area contributed by atoms with E-state index < -0.39 is 10.0 Å². The van der Waals surface area contributed by atoms with Gasteiger partial charge in [-0.3, -0.25) is 4.79 Å². The molecule has 0 bridgehead atoms. The highest BCUT2D eigenvalue weighted by Gasteiger charge is 2.30. The summed E-state index contributed by atoms with van der Waals surface area (Å²) in [4.78, 5) is 23.1. The Morgan fingerprint density at radius 1 is 1.00 bits per heavy atom. The number of nitrogens with one attached hydrogen (secondary N) is 1. The molecular weight excluding hydrogens is 528 g/mol. The van der Waals surface area contributed by atoms with Gasteiger partial charge in [-0.2, -0.15) is 4.31 Å². The fourth-order valence-electron chi connectivity index (χ4n) is 5.34. The van der Waals surface area contributed by atoms with E-state index in [0.29, 0.717) is 55.3 Å². The molecule has 3 heterocycles. The fourth-order valence-corrected chi connectivity index (χ4v) is 6.79. The largest absolute Gasteiger partial charge is 0.493 e. The number of sulfonamides is 1. The number of rotatable bonds is 9. The Kier molecular flexibility index (Phi) is 7.95. The van der Waals surface area contributed by atoms with Crippen LogP contribution in [0.25, 0.3) is 16.9 Å². The zero-order valence-corrected chi connectivity index (χ0v) is 24.2. The predicted molar refractivity (Wildman–Crippen MR) is 156 cm³/mol. The Morgan fingerprint density at radius 2 is 1.70 bits per heavy atom. The van der Waals surface area contributed by atoms with Crippen molar-refractivity contribution in [3.63, 3.8) is 0 Å². The molecule has 0 radical (unpaired) electrons. The Morgan fingerprint density at radius 3 is 2.35 bits per heavy atom. The average Bonchev–Trinajstić information content (AvgIpc) is 3.30. The lowest BCUT2D eigenvalue weighted by molar-refractivity contribution is 0.341. The Labute approximate surface area is 234 Å². The Balaban J connectivity index is 1.53. The third kappa shape index (κ3) is 5.11. The summed E-state index contributed by atoms with van der Waals surface area (Å²) in [6, 6.07) is 14.7. The van der Waals surface area contributed by atoms with Crippen molar-refractivity contribution in [1.82, 2.24) is 23.9 Å². The number of para-hydroxylation sites is 1. The zero-order valence-electron chi connectivity index (χ0n) is 23.4. The number of hydrogen-bond donors (Lipinski definition) is 1. The summed E-state index contributed by atoms with van der Waals surface area (Å²) in [5.41, 5.74) is 2.16. The molecule has 2 aromatic heterocycles. The molecule has 11 heteroatoms. The molecule has 1 saturated heterocycles. The summed E-state index contributed by atoms with van der Waals surface area (Å²) in [6.45, 7) is 10.1. The van der Waals surface area contributed by atoms with Crippen molar-refractivity contribution in [2.24, 2.45) is 0 Å². The summed E-state index contributed by atoms with van der Waals surface area (Å²) in [5, 5.41) is 4.77. The molecule has 4 aromatic rings. The van der Waals surface area contributed by atoms with Crippen LogP contribution in [-0.2, 0) is 10.0 Å². The zero-order chi connectivity index (χ0) is 28.4. The standard InChI is InChI=1S/C29H36N6O4S/c1-5-21(6-2)28-30-20(4)26-29(36)31-27(32-35(26)28)24-19-23(13-14-25(24)39-7-3)40(37,38)34-17-15-33(16-18-34)22-11-9-8-10-12-22/h8-14,19,21H,5-7,15-18H2,1-4H3,(H,31,32,36). The van der Waals surface area contributed by atoms with Crippen LogP contribution in [0.3, 0.4) is 0 Å². The minimum atomic E-state index is -3.80. The number of aromatic nitrogens is 4. The third-order valence-electron chi connectivity index (χ3n) is 7.56. The molecule has 10 nitrogen and oxygen atoms in total. The van der Waals surface area contributed by atoms with E-state index in [9.17, 15) is 13.2 Å². The molecule has 0 amide bonds. The Hall–Kier alpha value is -3.70. The van der Waals surface area contributed by atoms with Gasteiger partial charge in [0.25, 0.3) is 5.56 Å². The minimum absolute atomic E-state index is 0.129. The lowest BCUT2D eigenvalue weighted by atomic mass is 10.0. The summed E-state index contributed by atoms with van der Waals surface area (Å²) >= 11 is 0. The maximum Gasteiger partial charge on any atom is 0.277 e. The number of benzene rings is 2. The van der Waals surface area contributed by atoms with Crippen molar-refractivity contribution in [1.29, 1.82) is 0 Å². The van der Waals surface area contributed by atoms with Gasteiger partial charge in [-0.25, -0.2) is 17.9 Å². The van der Waals surface area contributed by atoms with Gasteiger partial charge in [0.1, 0.15) is 11.6 Å². The number of ether oxygens (including phenoxy) is 1. The van der Waals surface area contributed by atoms with Gasteiger partial charge >= 0.3 is 0 Å². The van der Waals surface area contributed by atoms with Gasteiger partial charge in [0, 0.05) is 37.8 Å². The van der Waals surface area contributed by atoms with Gasteiger partial charge in [0.05, 0.1) is 22.8 Å². The topological polar surface area (TPSA) is 113 Å². The average molecular weight is 565 g/mol. The van der Waals surface area contributed by atoms with Gasteiger partial charge in [0.2, 0.25) is 10.0 Å². The van der Waals surface area contributed by atoms with Crippen LogP contribution in [0.5, 0.6) is 5.75 Å². The summed E-state index contributed by atoms with van der Waals surface area (Å²) < 4.78 is 36.5. The van der Waals surface area contributed by atoms with Crippen molar-refractivity contribution in [3.05, 3.63) is 70.4 Å². The van der Waals surface area contributed by atoms with Crippen LogP contribution >= 0.6 is 0 Å². The maximum atomic E-state index is 13.7. The highest BCUT2D eigenvalue weighted by molar-refractivity contribution is 7.89. The smallest absolute Gasteiger partial charge is 0.277 e. The van der Waals surface area contributed by atoms with Crippen LogP contribution in [0.2, 0.25) is 0 Å². The molecule has 40 heavy (non-hydrogen) atoms. The number of imidazole rings is 1. The summed E-state index contributed by atoms with van der Waals surface area (Å²) in [5.74, 6) is 1.54. The lowest BCUT2D eigenvalue weighted by Gasteiger charge is -2.35. The summed E-state index contributed by atoms with van der Waals surface area (Å²) in [7, 11) is -3.80. The molecule has 5 rings (SSSR count). The van der Waals surface area contributed by atoms with E-state index in [1.165, 1.54) is 4.31 Å². The second-order valence-corrected chi connectivity index (χ2v) is 11.9. The number of hydrogen-bond acceptors (Lipinski definition) is 7. The number of nitrogens with zero attached hydrogens (tertiary/aromatic N) is 5. The minimum Gasteiger partial charge on any atom is -0.493 e. The van der Waals surface area contributed by atoms with Gasteiger partial charge in [-0.05, 0) is 57.0 Å². The molecule has 0 aliphatic carbocycles. The van der Waals surface area contributed by atoms with Gasteiger partial charge < -0.3 is 14.6 Å². The molecule has 0 saturated carbocycles. The first-order valence-corrected chi connectivity index (χ1v) is 15.3. The normalized spacial score (nSPS) is 14.8. The van der Waals surface area contributed by atoms with Crippen molar-refractivity contribution in [2.75, 3.05) is 37.7 Å². The molecule has 1 N–H and O–H groups in total. The molecule has 0 atom stereocenters. The van der Waals surface area contributed by atoms with Crippen molar-refractivity contribution in [3.8, 4) is 17.1 Å². The van der Waals surface area contributed by atoms with E-state index in [2.05, 4.69) is 28.7 Å². The third-order valence-corrected chi connectivity index (χ3v) is 9.45. The van der Waals surface area contributed by atoms with E-state index in [4.69, 9.17) is 9.84 Å². The van der Waals surface area contributed by atoms with E-state index in [1.54, 1.807) is 29.6 Å². The Bertz CT molecular complexity index is 1650. The highest BCUT2D eigenvalue weighted by Crippen LogP contribution is 2.32. The molecule has 2 aromatic carbocycles. The second-order valence-electron chi connectivity index (χ2n) is 9.95. The fraction of sp³-hybridized carbons (Fsp3) is 0.414. The number of H-pyrrole nitrogens is 1. The van der Waals surface area contributed by atoms with Crippen LogP contribution in [-0.4, -0.2) is 65.1 Å². The second kappa shape index (κ2) is 11.4. The number of aryl methyl sites for hydroxylation is 1. The number of anilines is 1. The molecule has 1 aliphatic heterocycles. The SMILES string of the molecule is CCOc1ccc(S(=O)(=O)N2CCN(c3ccccc3)CC2)cc1-c1nn2c(C(CC)CC)nc(C)c2c(=O)[nH]1. The van der Waals surface area contributed by atoms with Gasteiger partial charge in [-0.15, -0.1) is 5.10 Å². The first-order chi connectivity index (χ1) is 19.3. The highest BCUT2D eigenvalue weighted by atomic mass is 32.2. The quantitative estimate of drug-likeness (QED) is 0.324. The van der Waals surface area contributed by atoms with E-state index in [0.717, 1.165) is 24.4 Å². The van der Waals surface area contributed by atoms with Crippen molar-refractivity contribution in [2.45, 2.75) is 51.3 Å². The van der Waals surface area contributed by atoms with E-state index in [1.807, 2.05) is 37.3 Å². The van der Waals surface area contributed by atoms with Gasteiger partial charge in [-0.1, -0.05) is 32.0 Å². The van der Waals surface area contributed by atoms with E-state index in [-0.39, 0.29) is 22.2 Å². The van der Waals surface area contributed by atoms with Crippen LogP contribution in [0.4, 0.5) is 5.69 Å². The van der Waals surface area contributed by atoms with Crippen molar-refractivity contribution >= 4 is 21.2 Å². The molecule has 0 spiro atoms.